The number of carbonyl (C=O) groups excluding carboxylic acids is 4. The zero-order chi connectivity index (χ0) is 70.1. The molecule has 0 rings (SSSR count). The first-order valence-corrected chi connectivity index (χ1v) is 42.4. The SMILES string of the molecule is CCCCCCCCCCCCCC(=O)OC[C@H](COP(=O)(O)OC[C@H](O)COP(=O)(O)OC[C@@H](COC(=O)CCCCCCCCCCCCC(C)C)OC(=O)CCCCCCCCCCCCCCCCC(C)CC)OC(=O)CCCCCCCCCCCCC(C)C. The van der Waals surface area contributed by atoms with Crippen molar-refractivity contribution in [2.24, 2.45) is 17.8 Å². The van der Waals surface area contributed by atoms with Gasteiger partial charge in [-0.15, -0.1) is 0 Å². The fraction of sp³-hybridized carbons (Fsp3) is 0.947. The molecular weight excluding hydrogens is 1250 g/mol. The molecule has 17 nitrogen and oxygen atoms in total. The van der Waals surface area contributed by atoms with Crippen LogP contribution in [0.2, 0.25) is 0 Å². The van der Waals surface area contributed by atoms with Crippen LogP contribution >= 0.6 is 15.6 Å². The van der Waals surface area contributed by atoms with Crippen LogP contribution in [0.25, 0.3) is 0 Å². The minimum Gasteiger partial charge on any atom is -0.462 e. The molecule has 0 saturated heterocycles. The number of carbonyl (C=O) groups is 4. The van der Waals surface area contributed by atoms with Gasteiger partial charge in [0.05, 0.1) is 26.4 Å². The average Bonchev–Trinajstić information content (AvgIpc) is 2.63. The van der Waals surface area contributed by atoms with E-state index in [9.17, 15) is 43.2 Å². The Balaban J connectivity index is 5.25. The van der Waals surface area contributed by atoms with Gasteiger partial charge in [-0.2, -0.15) is 0 Å². The van der Waals surface area contributed by atoms with Gasteiger partial charge in [0.25, 0.3) is 0 Å². The summed E-state index contributed by atoms with van der Waals surface area (Å²) in [6.07, 6.45) is 52.5. The first-order valence-electron chi connectivity index (χ1n) is 39.4. The molecule has 0 aromatic carbocycles. The summed E-state index contributed by atoms with van der Waals surface area (Å²) >= 11 is 0. The zero-order valence-electron chi connectivity index (χ0n) is 62.1. The smallest absolute Gasteiger partial charge is 0.462 e. The molecule has 0 aliphatic carbocycles. The number of rotatable bonds is 74. The van der Waals surface area contributed by atoms with Gasteiger partial charge >= 0.3 is 39.5 Å². The van der Waals surface area contributed by atoms with E-state index in [-0.39, 0.29) is 25.7 Å². The Morgan fingerprint density at radius 1 is 0.305 bits per heavy atom. The van der Waals surface area contributed by atoms with Crippen LogP contribution in [-0.2, 0) is 65.4 Å². The predicted molar refractivity (Wildman–Crippen MR) is 386 cm³/mol. The van der Waals surface area contributed by atoms with Crippen molar-refractivity contribution in [2.75, 3.05) is 39.6 Å². The normalized spacial score (nSPS) is 14.4. The number of phosphoric acid groups is 2. The largest absolute Gasteiger partial charge is 0.472 e. The lowest BCUT2D eigenvalue weighted by Crippen LogP contribution is -2.30. The van der Waals surface area contributed by atoms with Crippen LogP contribution in [0.5, 0.6) is 0 Å². The molecule has 0 aromatic rings. The van der Waals surface area contributed by atoms with Gasteiger partial charge in [-0.05, 0) is 43.4 Å². The molecule has 0 radical (unpaired) electrons. The van der Waals surface area contributed by atoms with Crippen LogP contribution in [-0.4, -0.2) is 96.7 Å². The predicted octanol–water partition coefficient (Wildman–Crippen LogP) is 22.2. The van der Waals surface area contributed by atoms with E-state index in [0.29, 0.717) is 25.7 Å². The number of esters is 4. The molecule has 0 bridgehead atoms. The number of aliphatic hydroxyl groups is 1. The standard InChI is InChI=1S/C76H148O17P2/c1-8-10-11-12-13-14-19-29-36-43-50-57-73(78)86-63-72(93-76(81)60-53-46-39-32-25-23-27-34-41-48-55-68(5)6)66-91-95(84,85)89-62-70(77)61-88-94(82,83)90-65-71(64-87-74(79)58-51-44-37-30-24-22-26-33-40-47-54-67(3)4)92-75(80)59-52-45-38-31-21-18-16-15-17-20-28-35-42-49-56-69(7)9-2/h67-72,77H,8-66H2,1-7H3,(H,82,83)(H,84,85)/t69?,70-,71-,72-/m1/s1. The van der Waals surface area contributed by atoms with Crippen LogP contribution in [0.15, 0.2) is 0 Å². The Labute approximate surface area is 581 Å². The average molecular weight is 1400 g/mol. The van der Waals surface area contributed by atoms with Gasteiger partial charge in [0, 0.05) is 25.7 Å². The lowest BCUT2D eigenvalue weighted by molar-refractivity contribution is -0.161. The van der Waals surface area contributed by atoms with E-state index >= 15 is 0 Å². The summed E-state index contributed by atoms with van der Waals surface area (Å²) < 4.78 is 68.5. The minimum absolute atomic E-state index is 0.106. The van der Waals surface area contributed by atoms with E-state index in [1.807, 2.05) is 0 Å². The van der Waals surface area contributed by atoms with Crippen molar-refractivity contribution in [1.29, 1.82) is 0 Å². The topological polar surface area (TPSA) is 237 Å². The van der Waals surface area contributed by atoms with Crippen LogP contribution < -0.4 is 0 Å². The highest BCUT2D eigenvalue weighted by Gasteiger charge is 2.30. The summed E-state index contributed by atoms with van der Waals surface area (Å²) in [7, 11) is -9.91. The Kier molecular flexibility index (Phi) is 65.2. The number of ether oxygens (including phenoxy) is 4. The summed E-state index contributed by atoms with van der Waals surface area (Å²) in [6.45, 7) is 11.9. The molecule has 564 valence electrons. The second kappa shape index (κ2) is 66.6. The third-order valence-corrected chi connectivity index (χ3v) is 19.9. The summed E-state index contributed by atoms with van der Waals surface area (Å²) in [5.41, 5.74) is 0. The Morgan fingerprint density at radius 3 is 0.800 bits per heavy atom. The molecular formula is C76H148O17P2. The number of aliphatic hydroxyl groups excluding tert-OH is 1. The van der Waals surface area contributed by atoms with Crippen LogP contribution in [0.3, 0.4) is 0 Å². The van der Waals surface area contributed by atoms with Crippen molar-refractivity contribution in [1.82, 2.24) is 0 Å². The van der Waals surface area contributed by atoms with E-state index in [1.165, 1.54) is 199 Å². The molecule has 3 unspecified atom stereocenters. The van der Waals surface area contributed by atoms with E-state index in [4.69, 9.17) is 37.0 Å². The van der Waals surface area contributed by atoms with Crippen LogP contribution in [0, 0.1) is 17.8 Å². The summed E-state index contributed by atoms with van der Waals surface area (Å²) in [6, 6.07) is 0. The second-order valence-electron chi connectivity index (χ2n) is 28.6. The van der Waals surface area contributed by atoms with Crippen molar-refractivity contribution >= 4 is 39.5 Å². The summed E-state index contributed by atoms with van der Waals surface area (Å²) in [4.78, 5) is 72.8. The first kappa shape index (κ1) is 93.1. The third kappa shape index (κ3) is 69.0. The summed E-state index contributed by atoms with van der Waals surface area (Å²) in [5.74, 6) is 0.240. The summed E-state index contributed by atoms with van der Waals surface area (Å²) in [5, 5.41) is 10.6. The molecule has 3 N–H and O–H groups in total. The molecule has 0 amide bonds. The maximum Gasteiger partial charge on any atom is 0.472 e. The van der Waals surface area contributed by atoms with Crippen molar-refractivity contribution < 1.29 is 80.2 Å². The Bertz CT molecular complexity index is 1850. The lowest BCUT2D eigenvalue weighted by atomic mass is 9.99. The molecule has 0 saturated carbocycles. The number of phosphoric ester groups is 2. The fourth-order valence-electron chi connectivity index (χ4n) is 11.6. The molecule has 6 atom stereocenters. The maximum atomic E-state index is 13.1. The lowest BCUT2D eigenvalue weighted by Gasteiger charge is -2.21. The van der Waals surface area contributed by atoms with Crippen molar-refractivity contribution in [2.45, 2.75) is 407 Å². The van der Waals surface area contributed by atoms with Gasteiger partial charge in [-0.25, -0.2) is 9.13 Å². The monoisotopic (exact) mass is 1400 g/mol. The van der Waals surface area contributed by atoms with E-state index < -0.39 is 97.5 Å². The maximum absolute atomic E-state index is 13.1. The molecule has 0 fully saturated rings. The van der Waals surface area contributed by atoms with Gasteiger partial charge in [0.15, 0.2) is 12.2 Å². The number of hydrogen-bond donors (Lipinski definition) is 3. The second-order valence-corrected chi connectivity index (χ2v) is 31.5. The Hall–Kier alpha value is -1.94. The molecule has 19 heteroatoms. The van der Waals surface area contributed by atoms with Crippen molar-refractivity contribution in [3.63, 3.8) is 0 Å². The van der Waals surface area contributed by atoms with Crippen LogP contribution in [0.4, 0.5) is 0 Å². The van der Waals surface area contributed by atoms with E-state index in [0.717, 1.165) is 108 Å². The third-order valence-electron chi connectivity index (χ3n) is 18.0. The van der Waals surface area contributed by atoms with Gasteiger partial charge < -0.3 is 33.8 Å². The quantitative estimate of drug-likeness (QED) is 0.0222. The molecule has 0 spiro atoms. The van der Waals surface area contributed by atoms with Gasteiger partial charge in [-0.3, -0.25) is 37.3 Å². The Morgan fingerprint density at radius 2 is 0.537 bits per heavy atom. The highest BCUT2D eigenvalue weighted by atomic mass is 31.2. The van der Waals surface area contributed by atoms with E-state index in [2.05, 4.69) is 48.5 Å². The molecule has 0 aliphatic heterocycles. The van der Waals surface area contributed by atoms with Crippen molar-refractivity contribution in [3.8, 4) is 0 Å². The van der Waals surface area contributed by atoms with E-state index in [1.54, 1.807) is 0 Å². The van der Waals surface area contributed by atoms with Crippen molar-refractivity contribution in [3.05, 3.63) is 0 Å². The van der Waals surface area contributed by atoms with Gasteiger partial charge in [0.1, 0.15) is 19.3 Å². The minimum atomic E-state index is -4.96. The number of unbranched alkanes of at least 4 members (excludes halogenated alkanes) is 41. The number of hydrogen-bond acceptors (Lipinski definition) is 15. The fourth-order valence-corrected chi connectivity index (χ4v) is 13.1. The highest BCUT2D eigenvalue weighted by molar-refractivity contribution is 7.47. The highest BCUT2D eigenvalue weighted by Crippen LogP contribution is 2.45. The molecule has 0 aliphatic rings. The van der Waals surface area contributed by atoms with Crippen LogP contribution in [0.1, 0.15) is 389 Å². The zero-order valence-corrected chi connectivity index (χ0v) is 63.9. The molecule has 0 aromatic heterocycles. The first-order chi connectivity index (χ1) is 45.8. The van der Waals surface area contributed by atoms with Gasteiger partial charge in [-0.1, -0.05) is 337 Å². The molecule has 0 heterocycles. The molecule has 95 heavy (non-hydrogen) atoms. The van der Waals surface area contributed by atoms with Gasteiger partial charge in [0.2, 0.25) is 0 Å².